The number of halogens is 1. The van der Waals surface area contributed by atoms with Crippen LogP contribution in [0, 0.1) is 0 Å². The average Bonchev–Trinajstić information content (AvgIpc) is 2.37. The minimum absolute atomic E-state index is 0.314. The number of carbonyl (C=O) groups excluding carboxylic acids is 2. The van der Waals surface area contributed by atoms with E-state index in [2.05, 4.69) is 5.32 Å². The van der Waals surface area contributed by atoms with Gasteiger partial charge in [-0.3, -0.25) is 4.79 Å². The molecule has 0 saturated carbocycles. The van der Waals surface area contributed by atoms with Crippen LogP contribution in [0.1, 0.15) is 10.4 Å². The zero-order chi connectivity index (χ0) is 13.4. The second kappa shape index (κ2) is 7.68. The summed E-state index contributed by atoms with van der Waals surface area (Å²) in [5.41, 5.74) is 0.351. The van der Waals surface area contributed by atoms with E-state index in [0.29, 0.717) is 23.7 Å². The third-order valence-electron chi connectivity index (χ3n) is 2.04. The smallest absolute Gasteiger partial charge is 0.338 e. The Labute approximate surface area is 110 Å². The van der Waals surface area contributed by atoms with Crippen LogP contribution in [0.4, 0.5) is 0 Å². The molecule has 0 heterocycles. The molecule has 0 saturated heterocycles. The van der Waals surface area contributed by atoms with Crippen LogP contribution in [0.2, 0.25) is 5.02 Å². The molecule has 0 aliphatic carbocycles. The fourth-order valence-corrected chi connectivity index (χ4v) is 1.27. The van der Waals surface area contributed by atoms with Gasteiger partial charge in [-0.15, -0.1) is 0 Å². The van der Waals surface area contributed by atoms with E-state index in [4.69, 9.17) is 21.1 Å². The molecule has 0 bridgehead atoms. The van der Waals surface area contributed by atoms with Crippen molar-refractivity contribution in [2.75, 3.05) is 26.9 Å². The summed E-state index contributed by atoms with van der Waals surface area (Å²) in [6.07, 6.45) is 0. The third-order valence-corrected chi connectivity index (χ3v) is 2.29. The van der Waals surface area contributed by atoms with Crippen LogP contribution in [0.5, 0.6) is 0 Å². The molecule has 0 atom stereocenters. The Hall–Kier alpha value is -1.59. The van der Waals surface area contributed by atoms with Gasteiger partial charge < -0.3 is 14.8 Å². The first-order chi connectivity index (χ1) is 8.63. The maximum Gasteiger partial charge on any atom is 0.338 e. The number of esters is 1. The molecule has 1 rings (SSSR count). The first-order valence-electron chi connectivity index (χ1n) is 5.32. The zero-order valence-electron chi connectivity index (χ0n) is 9.94. The van der Waals surface area contributed by atoms with Crippen LogP contribution in [0.25, 0.3) is 0 Å². The number of hydrogen-bond donors (Lipinski definition) is 1. The Bertz CT molecular complexity index is 405. The maximum absolute atomic E-state index is 11.5. The first-order valence-corrected chi connectivity index (χ1v) is 5.69. The van der Waals surface area contributed by atoms with Crippen molar-refractivity contribution in [1.82, 2.24) is 5.32 Å². The molecule has 1 N–H and O–H groups in total. The summed E-state index contributed by atoms with van der Waals surface area (Å²) in [5, 5.41) is 3.07. The van der Waals surface area contributed by atoms with Crippen LogP contribution >= 0.6 is 11.6 Å². The van der Waals surface area contributed by atoms with Crippen LogP contribution in [0.15, 0.2) is 24.3 Å². The van der Waals surface area contributed by atoms with Crippen LogP contribution in [0.3, 0.4) is 0 Å². The van der Waals surface area contributed by atoms with Gasteiger partial charge in [0.05, 0.1) is 12.2 Å². The molecule has 0 fully saturated rings. The Morgan fingerprint density at radius 2 is 1.94 bits per heavy atom. The Morgan fingerprint density at radius 1 is 1.28 bits per heavy atom. The van der Waals surface area contributed by atoms with Gasteiger partial charge in [0.25, 0.3) is 5.91 Å². The van der Waals surface area contributed by atoms with Gasteiger partial charge in [-0.1, -0.05) is 11.6 Å². The van der Waals surface area contributed by atoms with Gasteiger partial charge in [-0.2, -0.15) is 0 Å². The fourth-order valence-electron chi connectivity index (χ4n) is 1.14. The standard InChI is InChI=1S/C12H14ClNO4/c1-17-7-6-14-11(15)8-18-12(16)9-2-4-10(13)5-3-9/h2-5H,6-8H2,1H3,(H,14,15). The van der Waals surface area contributed by atoms with Gasteiger partial charge in [-0.25, -0.2) is 4.79 Å². The number of ether oxygens (including phenoxy) is 2. The zero-order valence-corrected chi connectivity index (χ0v) is 10.7. The Balaban J connectivity index is 2.32. The largest absolute Gasteiger partial charge is 0.452 e. The summed E-state index contributed by atoms with van der Waals surface area (Å²) in [6.45, 7) is 0.482. The highest BCUT2D eigenvalue weighted by Gasteiger charge is 2.09. The second-order valence-corrected chi connectivity index (χ2v) is 3.86. The number of methoxy groups -OCH3 is 1. The molecular formula is C12H14ClNO4. The van der Waals surface area contributed by atoms with E-state index in [1.807, 2.05) is 0 Å². The molecule has 0 aliphatic rings. The van der Waals surface area contributed by atoms with E-state index >= 15 is 0 Å². The molecule has 1 aromatic rings. The topological polar surface area (TPSA) is 64.6 Å². The summed E-state index contributed by atoms with van der Waals surface area (Å²) in [6, 6.07) is 6.23. The number of nitrogens with one attached hydrogen (secondary N) is 1. The van der Waals surface area contributed by atoms with E-state index < -0.39 is 5.97 Å². The molecular weight excluding hydrogens is 258 g/mol. The van der Waals surface area contributed by atoms with Gasteiger partial charge >= 0.3 is 5.97 Å². The van der Waals surface area contributed by atoms with Gasteiger partial charge in [0.2, 0.25) is 0 Å². The van der Waals surface area contributed by atoms with Crippen molar-refractivity contribution in [3.05, 3.63) is 34.9 Å². The minimum atomic E-state index is -0.562. The molecule has 98 valence electrons. The summed E-state index contributed by atoms with van der Waals surface area (Å²) >= 11 is 5.69. The lowest BCUT2D eigenvalue weighted by atomic mass is 10.2. The molecule has 0 radical (unpaired) electrons. The second-order valence-electron chi connectivity index (χ2n) is 3.43. The quantitative estimate of drug-likeness (QED) is 0.625. The SMILES string of the molecule is COCCNC(=O)COC(=O)c1ccc(Cl)cc1. The predicted octanol–water partition coefficient (Wildman–Crippen LogP) is 1.26. The lowest BCUT2D eigenvalue weighted by Crippen LogP contribution is -2.31. The fraction of sp³-hybridized carbons (Fsp3) is 0.333. The third kappa shape index (κ3) is 5.16. The van der Waals surface area contributed by atoms with E-state index in [1.54, 1.807) is 12.1 Å². The number of carbonyl (C=O) groups is 2. The number of benzene rings is 1. The summed E-state index contributed by atoms with van der Waals surface area (Å²) in [4.78, 5) is 22.8. The maximum atomic E-state index is 11.5. The summed E-state index contributed by atoms with van der Waals surface area (Å²) in [7, 11) is 1.53. The van der Waals surface area contributed by atoms with Crippen LogP contribution in [-0.2, 0) is 14.3 Å². The predicted molar refractivity (Wildman–Crippen MR) is 66.6 cm³/mol. The van der Waals surface area contributed by atoms with Gasteiger partial charge in [-0.05, 0) is 24.3 Å². The van der Waals surface area contributed by atoms with Crippen LogP contribution < -0.4 is 5.32 Å². The van der Waals surface area contributed by atoms with Crippen LogP contribution in [-0.4, -0.2) is 38.7 Å². The average molecular weight is 272 g/mol. The van der Waals surface area contributed by atoms with Crippen molar-refractivity contribution in [3.63, 3.8) is 0 Å². The molecule has 1 amide bonds. The summed E-state index contributed by atoms with van der Waals surface area (Å²) < 4.78 is 9.59. The lowest BCUT2D eigenvalue weighted by Gasteiger charge is -2.06. The summed E-state index contributed by atoms with van der Waals surface area (Å²) in [5.74, 6) is -0.928. The molecule has 0 aromatic heterocycles. The monoisotopic (exact) mass is 271 g/mol. The molecule has 18 heavy (non-hydrogen) atoms. The normalized spacial score (nSPS) is 9.89. The van der Waals surface area contributed by atoms with Gasteiger partial charge in [0, 0.05) is 18.7 Å². The van der Waals surface area contributed by atoms with E-state index in [1.165, 1.54) is 19.2 Å². The van der Waals surface area contributed by atoms with Gasteiger partial charge in [0.1, 0.15) is 0 Å². The Kier molecular flexibility index (Phi) is 6.18. The highest BCUT2D eigenvalue weighted by atomic mass is 35.5. The number of hydrogen-bond acceptors (Lipinski definition) is 4. The number of rotatable bonds is 6. The molecule has 1 aromatic carbocycles. The van der Waals surface area contributed by atoms with Crippen molar-refractivity contribution in [2.24, 2.45) is 0 Å². The van der Waals surface area contributed by atoms with E-state index in [0.717, 1.165) is 0 Å². The van der Waals surface area contributed by atoms with Crippen molar-refractivity contribution in [3.8, 4) is 0 Å². The molecule has 0 spiro atoms. The highest BCUT2D eigenvalue weighted by molar-refractivity contribution is 6.30. The van der Waals surface area contributed by atoms with Gasteiger partial charge in [0.15, 0.2) is 6.61 Å². The molecule has 6 heteroatoms. The van der Waals surface area contributed by atoms with Crippen molar-refractivity contribution >= 4 is 23.5 Å². The highest BCUT2D eigenvalue weighted by Crippen LogP contribution is 2.10. The Morgan fingerprint density at radius 3 is 2.56 bits per heavy atom. The minimum Gasteiger partial charge on any atom is -0.452 e. The lowest BCUT2D eigenvalue weighted by molar-refractivity contribution is -0.124. The van der Waals surface area contributed by atoms with Crippen molar-refractivity contribution < 1.29 is 19.1 Å². The van der Waals surface area contributed by atoms with Crippen molar-refractivity contribution in [1.29, 1.82) is 0 Å². The number of amides is 1. The van der Waals surface area contributed by atoms with Crippen molar-refractivity contribution in [2.45, 2.75) is 0 Å². The molecule has 0 unspecified atom stereocenters. The molecule has 5 nitrogen and oxygen atoms in total. The van der Waals surface area contributed by atoms with E-state index in [-0.39, 0.29) is 12.5 Å². The molecule has 0 aliphatic heterocycles. The first kappa shape index (κ1) is 14.5. The van der Waals surface area contributed by atoms with E-state index in [9.17, 15) is 9.59 Å².